The van der Waals surface area contributed by atoms with Gasteiger partial charge in [-0.05, 0) is 79.4 Å². The van der Waals surface area contributed by atoms with Gasteiger partial charge in [-0.25, -0.2) is 0 Å². The molecular weight excluding hydrogens is 396 g/mol. The Morgan fingerprint density at radius 3 is 2.41 bits per heavy atom. The van der Waals surface area contributed by atoms with Crippen LogP contribution in [0.4, 0.5) is 0 Å². The molecule has 0 aromatic rings. The van der Waals surface area contributed by atoms with Crippen molar-refractivity contribution in [2.75, 3.05) is 0 Å². The van der Waals surface area contributed by atoms with Gasteiger partial charge in [0.2, 0.25) is 0 Å². The van der Waals surface area contributed by atoms with Crippen molar-refractivity contribution in [2.45, 2.75) is 111 Å². The summed E-state index contributed by atoms with van der Waals surface area (Å²) in [6.45, 7) is 14.1. The third-order valence-electron chi connectivity index (χ3n) is 11.2. The Bertz CT molecular complexity index is 758. The van der Waals surface area contributed by atoms with E-state index in [4.69, 9.17) is 0 Å². The minimum atomic E-state index is -1.20. The molecule has 0 heterocycles. The Morgan fingerprint density at radius 2 is 1.72 bits per heavy atom. The number of hydrogen-bond acceptors (Lipinski definition) is 3. The third kappa shape index (κ3) is 3.57. The van der Waals surface area contributed by atoms with E-state index in [0.29, 0.717) is 36.0 Å². The monoisotopic (exact) mass is 444 g/mol. The van der Waals surface area contributed by atoms with E-state index < -0.39 is 17.8 Å². The second-order valence-corrected chi connectivity index (χ2v) is 12.7. The number of aliphatic hydroxyl groups is 3. The molecule has 4 aliphatic carbocycles. The molecule has 0 spiro atoms. The summed E-state index contributed by atoms with van der Waals surface area (Å²) in [4.78, 5) is 0. The molecule has 182 valence electrons. The molecule has 3 heteroatoms. The summed E-state index contributed by atoms with van der Waals surface area (Å²) in [6.07, 6.45) is 13.4. The lowest BCUT2D eigenvalue weighted by Gasteiger charge is -2.62. The largest absolute Gasteiger partial charge is 0.393 e. The first-order valence-corrected chi connectivity index (χ1v) is 13.5. The minimum Gasteiger partial charge on any atom is -0.393 e. The van der Waals surface area contributed by atoms with Crippen molar-refractivity contribution in [3.63, 3.8) is 0 Å². The molecule has 0 bridgehead atoms. The summed E-state index contributed by atoms with van der Waals surface area (Å²) in [5.74, 6) is 3.43. The van der Waals surface area contributed by atoms with Crippen LogP contribution in [0.3, 0.4) is 0 Å². The van der Waals surface area contributed by atoms with Crippen LogP contribution in [0.25, 0.3) is 0 Å². The van der Waals surface area contributed by atoms with Gasteiger partial charge in [0.25, 0.3) is 0 Å². The molecule has 4 unspecified atom stereocenters. The van der Waals surface area contributed by atoms with Crippen molar-refractivity contribution in [2.24, 2.45) is 46.3 Å². The van der Waals surface area contributed by atoms with Crippen LogP contribution in [0.5, 0.6) is 0 Å². The number of fused-ring (bicyclic) bond motifs is 5. The van der Waals surface area contributed by atoms with Gasteiger partial charge in [-0.3, -0.25) is 0 Å². The van der Waals surface area contributed by atoms with Gasteiger partial charge in [-0.15, -0.1) is 0 Å². The van der Waals surface area contributed by atoms with Crippen molar-refractivity contribution in [1.82, 2.24) is 0 Å². The molecule has 0 aromatic heterocycles. The van der Waals surface area contributed by atoms with E-state index in [2.05, 4.69) is 53.7 Å². The fourth-order valence-corrected chi connectivity index (χ4v) is 8.50. The van der Waals surface area contributed by atoms with E-state index in [-0.39, 0.29) is 10.8 Å². The zero-order chi connectivity index (χ0) is 23.5. The molecule has 11 atom stereocenters. The Labute approximate surface area is 196 Å². The maximum absolute atomic E-state index is 11.6. The summed E-state index contributed by atoms with van der Waals surface area (Å²) in [6, 6.07) is 0. The molecule has 32 heavy (non-hydrogen) atoms. The molecular formula is C29H48O3. The van der Waals surface area contributed by atoms with E-state index in [1.807, 2.05) is 6.08 Å². The first kappa shape index (κ1) is 24.5. The Kier molecular flexibility index (Phi) is 6.53. The smallest absolute Gasteiger partial charge is 0.102 e. The fraction of sp³-hybridized carbons (Fsp3) is 0.862. The van der Waals surface area contributed by atoms with Gasteiger partial charge in [-0.1, -0.05) is 71.8 Å². The predicted octanol–water partition coefficient (Wildman–Crippen LogP) is 5.89. The second-order valence-electron chi connectivity index (χ2n) is 12.7. The van der Waals surface area contributed by atoms with Gasteiger partial charge >= 0.3 is 0 Å². The van der Waals surface area contributed by atoms with Crippen LogP contribution in [-0.4, -0.2) is 33.1 Å². The maximum atomic E-state index is 11.6. The molecule has 0 amide bonds. The molecule has 4 rings (SSSR count). The molecule has 3 nitrogen and oxygen atoms in total. The van der Waals surface area contributed by atoms with Crippen LogP contribution in [0.2, 0.25) is 0 Å². The SMILES string of the molecule is CCC(C)[C@@H](C)C=C[C@@H](C)[C@H]1CC[C@H]2C3=CC(O)C4(O)CC(O)CC[C@]4(C)[C@H]3CC[C@]12C. The molecule has 3 N–H and O–H groups in total. The molecule has 0 aliphatic heterocycles. The first-order valence-electron chi connectivity index (χ1n) is 13.5. The Balaban J connectivity index is 1.59. The zero-order valence-electron chi connectivity index (χ0n) is 21.3. The number of aliphatic hydroxyl groups excluding tert-OH is 2. The lowest BCUT2D eigenvalue weighted by molar-refractivity contribution is -0.210. The standard InChI is InChI=1S/C29H48O3/c1-7-18(2)19(3)8-9-20(4)23-10-11-24-22-16-26(31)29(32)17-21(30)12-15-28(29,6)25(22)13-14-27(23,24)5/h8-9,16,18-21,23-26,30-32H,7,10-15,17H2,1-6H3/t18?,19-,20+,21?,23+,24-,25-,26?,27+,28+,29?/m0/s1. The van der Waals surface area contributed by atoms with Crippen LogP contribution in [-0.2, 0) is 0 Å². The van der Waals surface area contributed by atoms with Crippen molar-refractivity contribution < 1.29 is 15.3 Å². The van der Waals surface area contributed by atoms with Crippen molar-refractivity contribution in [1.29, 1.82) is 0 Å². The van der Waals surface area contributed by atoms with Crippen LogP contribution < -0.4 is 0 Å². The van der Waals surface area contributed by atoms with E-state index in [1.165, 1.54) is 31.3 Å². The average molecular weight is 445 g/mol. The number of rotatable bonds is 5. The molecule has 3 fully saturated rings. The van der Waals surface area contributed by atoms with Crippen LogP contribution >= 0.6 is 0 Å². The van der Waals surface area contributed by atoms with Crippen LogP contribution in [0.1, 0.15) is 92.9 Å². The highest BCUT2D eigenvalue weighted by atomic mass is 16.3. The van der Waals surface area contributed by atoms with Gasteiger partial charge in [0.05, 0.1) is 6.10 Å². The van der Waals surface area contributed by atoms with Gasteiger partial charge in [-0.2, -0.15) is 0 Å². The summed E-state index contributed by atoms with van der Waals surface area (Å²) in [5, 5.41) is 33.0. The minimum absolute atomic E-state index is 0.269. The molecule has 0 aromatic carbocycles. The van der Waals surface area contributed by atoms with Crippen molar-refractivity contribution in [3.8, 4) is 0 Å². The summed E-state index contributed by atoms with van der Waals surface area (Å²) >= 11 is 0. The zero-order valence-corrected chi connectivity index (χ0v) is 21.3. The second kappa shape index (κ2) is 8.54. The molecule has 0 saturated heterocycles. The van der Waals surface area contributed by atoms with Gasteiger partial charge < -0.3 is 15.3 Å². The van der Waals surface area contributed by atoms with Crippen LogP contribution in [0, 0.1) is 46.3 Å². The fourth-order valence-electron chi connectivity index (χ4n) is 8.50. The lowest BCUT2D eigenvalue weighted by atomic mass is 9.45. The highest BCUT2D eigenvalue weighted by Gasteiger charge is 2.64. The number of hydrogen-bond donors (Lipinski definition) is 3. The van der Waals surface area contributed by atoms with Crippen molar-refractivity contribution >= 4 is 0 Å². The molecule has 0 radical (unpaired) electrons. The normalized spacial score (nSPS) is 49.0. The maximum Gasteiger partial charge on any atom is 0.102 e. The van der Waals surface area contributed by atoms with Crippen molar-refractivity contribution in [3.05, 3.63) is 23.8 Å². The van der Waals surface area contributed by atoms with E-state index in [0.717, 1.165) is 25.2 Å². The first-order chi connectivity index (χ1) is 15.0. The Hall–Kier alpha value is -0.640. The highest BCUT2D eigenvalue weighted by molar-refractivity contribution is 5.33. The molecule has 3 saturated carbocycles. The predicted molar refractivity (Wildman–Crippen MR) is 131 cm³/mol. The highest BCUT2D eigenvalue weighted by Crippen LogP contribution is 2.67. The Morgan fingerprint density at radius 1 is 1.00 bits per heavy atom. The van der Waals surface area contributed by atoms with Crippen LogP contribution in [0.15, 0.2) is 23.8 Å². The summed E-state index contributed by atoms with van der Waals surface area (Å²) in [7, 11) is 0. The van der Waals surface area contributed by atoms with E-state index in [9.17, 15) is 15.3 Å². The third-order valence-corrected chi connectivity index (χ3v) is 11.2. The van der Waals surface area contributed by atoms with Gasteiger partial charge in [0, 0.05) is 11.8 Å². The molecule has 4 aliphatic rings. The van der Waals surface area contributed by atoms with Gasteiger partial charge in [0.1, 0.15) is 11.7 Å². The average Bonchev–Trinajstić information content (AvgIpc) is 3.11. The lowest BCUT2D eigenvalue weighted by Crippen LogP contribution is -2.65. The quantitative estimate of drug-likeness (QED) is 0.464. The van der Waals surface area contributed by atoms with E-state index in [1.54, 1.807) is 0 Å². The number of allylic oxidation sites excluding steroid dienone is 3. The van der Waals surface area contributed by atoms with E-state index >= 15 is 0 Å². The summed E-state index contributed by atoms with van der Waals surface area (Å²) in [5.41, 5.74) is 0.159. The van der Waals surface area contributed by atoms with Gasteiger partial charge in [0.15, 0.2) is 0 Å². The summed E-state index contributed by atoms with van der Waals surface area (Å²) < 4.78 is 0. The topological polar surface area (TPSA) is 60.7 Å².